The molecule has 2 aromatic carbocycles. The van der Waals surface area contributed by atoms with Crippen molar-refractivity contribution in [1.82, 2.24) is 24.1 Å². The van der Waals surface area contributed by atoms with E-state index < -0.39 is 0 Å². The summed E-state index contributed by atoms with van der Waals surface area (Å²) in [6.07, 6.45) is 2.56. The third-order valence-electron chi connectivity index (χ3n) is 5.56. The fourth-order valence-corrected chi connectivity index (χ4v) is 5.04. The van der Waals surface area contributed by atoms with Crippen LogP contribution < -0.4 is 10.3 Å². The van der Waals surface area contributed by atoms with Crippen molar-refractivity contribution in [1.29, 1.82) is 0 Å². The maximum Gasteiger partial charge on any atom is 0.258 e. The normalized spacial score (nSPS) is 11.1. The van der Waals surface area contributed by atoms with Crippen LogP contribution in [0.4, 0.5) is 0 Å². The lowest BCUT2D eigenvalue weighted by molar-refractivity contribution is 0.415. The lowest BCUT2D eigenvalue weighted by Gasteiger charge is -2.12. The predicted octanol–water partition coefficient (Wildman–Crippen LogP) is 5.26. The number of pyridine rings is 1. The summed E-state index contributed by atoms with van der Waals surface area (Å²) >= 11 is 4.91. The van der Waals surface area contributed by atoms with Gasteiger partial charge in [-0.1, -0.05) is 54.2 Å². The monoisotopic (exact) mass is 547 g/mol. The Morgan fingerprint density at radius 2 is 1.80 bits per heavy atom. The van der Waals surface area contributed by atoms with E-state index >= 15 is 0 Å². The Morgan fingerprint density at radius 1 is 1.00 bits per heavy atom. The summed E-state index contributed by atoms with van der Waals surface area (Å²) in [6, 6.07) is 23.4. The maximum atomic E-state index is 12.6. The molecule has 0 saturated carbocycles. The Morgan fingerprint density at radius 3 is 2.63 bits per heavy atom. The molecule has 0 aliphatic carbocycles. The Kier molecular flexibility index (Phi) is 6.96. The van der Waals surface area contributed by atoms with E-state index in [1.165, 1.54) is 21.7 Å². The van der Waals surface area contributed by atoms with Gasteiger partial charge in [0.15, 0.2) is 11.0 Å². The first-order valence-corrected chi connectivity index (χ1v) is 12.8. The van der Waals surface area contributed by atoms with Crippen LogP contribution in [0.2, 0.25) is 0 Å². The highest BCUT2D eigenvalue weighted by atomic mass is 79.9. The number of ether oxygens (including phenoxy) is 1. The molecular formula is C26H22BrN5O2S. The van der Waals surface area contributed by atoms with E-state index in [1.54, 1.807) is 19.4 Å². The summed E-state index contributed by atoms with van der Waals surface area (Å²) in [4.78, 5) is 17.2. The van der Waals surface area contributed by atoms with Crippen molar-refractivity contribution in [3.8, 4) is 17.1 Å². The molecular weight excluding hydrogens is 526 g/mol. The van der Waals surface area contributed by atoms with Crippen molar-refractivity contribution < 1.29 is 4.74 Å². The molecule has 176 valence electrons. The van der Waals surface area contributed by atoms with E-state index in [0.29, 0.717) is 23.6 Å². The summed E-state index contributed by atoms with van der Waals surface area (Å²) in [5, 5.41) is 9.78. The van der Waals surface area contributed by atoms with E-state index in [1.807, 2.05) is 54.6 Å². The molecule has 0 spiro atoms. The minimum atomic E-state index is -0.118. The lowest BCUT2D eigenvalue weighted by atomic mass is 10.1. The first kappa shape index (κ1) is 23.3. The van der Waals surface area contributed by atoms with Crippen LogP contribution in [0.5, 0.6) is 5.75 Å². The van der Waals surface area contributed by atoms with Gasteiger partial charge in [-0.05, 0) is 52.2 Å². The number of aryl methyl sites for hydroxylation is 1. The predicted molar refractivity (Wildman–Crippen MR) is 141 cm³/mol. The number of thioether (sulfide) groups is 1. The zero-order valence-corrected chi connectivity index (χ0v) is 21.4. The fraction of sp³-hybridized carbons (Fsp3) is 0.154. The number of fused-ring (bicyclic) bond motifs is 1. The summed E-state index contributed by atoms with van der Waals surface area (Å²) in [5.41, 5.74) is 3.30. The zero-order valence-electron chi connectivity index (χ0n) is 19.0. The maximum absolute atomic E-state index is 12.6. The number of aromatic nitrogens is 5. The minimum absolute atomic E-state index is 0.118. The number of benzene rings is 2. The Bertz CT molecular complexity index is 1530. The van der Waals surface area contributed by atoms with Gasteiger partial charge in [0.1, 0.15) is 11.4 Å². The number of methoxy groups -OCH3 is 1. The number of hydrogen-bond donors (Lipinski definition) is 0. The van der Waals surface area contributed by atoms with Crippen LogP contribution in [-0.4, -0.2) is 31.3 Å². The van der Waals surface area contributed by atoms with Crippen molar-refractivity contribution in [2.24, 2.45) is 0 Å². The molecule has 0 aliphatic heterocycles. The molecule has 0 aliphatic rings. The second-order valence-corrected chi connectivity index (χ2v) is 9.70. The average Bonchev–Trinajstić information content (AvgIpc) is 3.29. The number of hydrogen-bond acceptors (Lipinski definition) is 6. The molecule has 5 aromatic rings. The van der Waals surface area contributed by atoms with Gasteiger partial charge in [-0.25, -0.2) is 4.98 Å². The standard InChI is InChI=1S/C26H22BrN5O2S/c1-34-22-10-6-5-9-21(22)25-29-30-26(31(25)14-13-18-7-3-2-4-8-18)35-17-20-15-24(33)32-16-19(27)11-12-23(32)28-20/h2-12,15-16H,13-14,17H2,1H3. The molecule has 9 heteroatoms. The number of rotatable bonds is 8. The fourth-order valence-electron chi connectivity index (χ4n) is 3.85. The summed E-state index contributed by atoms with van der Waals surface area (Å²) in [6.45, 7) is 0.703. The molecule has 3 aromatic heterocycles. The number of para-hydroxylation sites is 1. The van der Waals surface area contributed by atoms with Gasteiger partial charge in [-0.15, -0.1) is 10.2 Å². The van der Waals surface area contributed by atoms with Crippen molar-refractivity contribution in [3.05, 3.63) is 105 Å². The Balaban J connectivity index is 1.46. The summed E-state index contributed by atoms with van der Waals surface area (Å²) in [7, 11) is 1.65. The third-order valence-corrected chi connectivity index (χ3v) is 7.03. The van der Waals surface area contributed by atoms with E-state index in [2.05, 4.69) is 47.8 Å². The van der Waals surface area contributed by atoms with Gasteiger partial charge < -0.3 is 9.30 Å². The van der Waals surface area contributed by atoms with Crippen molar-refractivity contribution in [3.63, 3.8) is 0 Å². The third kappa shape index (κ3) is 5.16. The molecule has 0 saturated heterocycles. The highest BCUT2D eigenvalue weighted by Gasteiger charge is 2.18. The van der Waals surface area contributed by atoms with Crippen LogP contribution in [0.15, 0.2) is 93.4 Å². The first-order valence-electron chi connectivity index (χ1n) is 11.0. The van der Waals surface area contributed by atoms with Crippen LogP contribution in [0.3, 0.4) is 0 Å². The Hall–Kier alpha value is -3.43. The van der Waals surface area contributed by atoms with E-state index in [0.717, 1.165) is 33.2 Å². The second kappa shape index (κ2) is 10.5. The summed E-state index contributed by atoms with van der Waals surface area (Å²) < 4.78 is 10.0. The van der Waals surface area contributed by atoms with Crippen LogP contribution >= 0.6 is 27.7 Å². The SMILES string of the molecule is COc1ccccc1-c1nnc(SCc2cc(=O)n3cc(Br)ccc3n2)n1CCc1ccccc1. The molecule has 0 fully saturated rings. The lowest BCUT2D eigenvalue weighted by Crippen LogP contribution is -2.15. The van der Waals surface area contributed by atoms with Crippen molar-refractivity contribution >= 4 is 33.3 Å². The molecule has 0 atom stereocenters. The summed E-state index contributed by atoms with van der Waals surface area (Å²) in [5.74, 6) is 1.99. The van der Waals surface area contributed by atoms with Gasteiger partial charge in [0, 0.05) is 29.0 Å². The topological polar surface area (TPSA) is 74.3 Å². The van der Waals surface area contributed by atoms with Gasteiger partial charge in [0.05, 0.1) is 18.4 Å². The molecule has 0 unspecified atom stereocenters. The van der Waals surface area contributed by atoms with Gasteiger partial charge in [0.25, 0.3) is 5.56 Å². The quantitative estimate of drug-likeness (QED) is 0.247. The smallest absolute Gasteiger partial charge is 0.258 e. The van der Waals surface area contributed by atoms with Crippen LogP contribution in [-0.2, 0) is 18.7 Å². The van der Waals surface area contributed by atoms with Gasteiger partial charge in [-0.3, -0.25) is 9.20 Å². The molecule has 0 amide bonds. The molecule has 3 heterocycles. The molecule has 7 nitrogen and oxygen atoms in total. The molecule has 0 bridgehead atoms. The zero-order chi connectivity index (χ0) is 24.2. The van der Waals surface area contributed by atoms with E-state index in [4.69, 9.17) is 4.74 Å². The number of halogens is 1. The molecule has 0 N–H and O–H groups in total. The van der Waals surface area contributed by atoms with E-state index in [9.17, 15) is 4.79 Å². The van der Waals surface area contributed by atoms with Crippen LogP contribution in [0, 0.1) is 0 Å². The second-order valence-electron chi connectivity index (χ2n) is 7.84. The number of nitrogens with zero attached hydrogens (tertiary/aromatic N) is 5. The molecule has 0 radical (unpaired) electrons. The van der Waals surface area contributed by atoms with Crippen LogP contribution in [0.1, 0.15) is 11.3 Å². The molecule has 5 rings (SSSR count). The van der Waals surface area contributed by atoms with Gasteiger partial charge in [0.2, 0.25) is 0 Å². The highest BCUT2D eigenvalue weighted by molar-refractivity contribution is 9.10. The van der Waals surface area contributed by atoms with Crippen LogP contribution in [0.25, 0.3) is 17.0 Å². The van der Waals surface area contributed by atoms with Gasteiger partial charge >= 0.3 is 0 Å². The molecule has 35 heavy (non-hydrogen) atoms. The first-order chi connectivity index (χ1) is 17.1. The van der Waals surface area contributed by atoms with Crippen molar-refractivity contribution in [2.45, 2.75) is 23.9 Å². The minimum Gasteiger partial charge on any atom is -0.496 e. The average molecular weight is 548 g/mol. The largest absolute Gasteiger partial charge is 0.496 e. The Labute approximate surface area is 215 Å². The van der Waals surface area contributed by atoms with E-state index in [-0.39, 0.29) is 5.56 Å². The van der Waals surface area contributed by atoms with Gasteiger partial charge in [-0.2, -0.15) is 0 Å². The highest BCUT2D eigenvalue weighted by Crippen LogP contribution is 2.32. The van der Waals surface area contributed by atoms with Crippen molar-refractivity contribution in [2.75, 3.05) is 7.11 Å².